The monoisotopic (exact) mass is 353 g/mol. The third-order valence-electron chi connectivity index (χ3n) is 3.76. The Morgan fingerprint density at radius 3 is 3.12 bits per heavy atom. The Labute approximate surface area is 139 Å². The number of amides is 2. The maximum atomic E-state index is 12.0. The summed E-state index contributed by atoms with van der Waals surface area (Å²) in [6, 6.07) is 5.02. The maximum absolute atomic E-state index is 12.0. The van der Waals surface area contributed by atoms with Crippen molar-refractivity contribution in [2.24, 2.45) is 0 Å². The molecule has 3 N–H and O–H groups in total. The number of anilines is 1. The van der Waals surface area contributed by atoms with Crippen molar-refractivity contribution in [2.75, 3.05) is 37.8 Å². The predicted octanol–water partition coefficient (Wildman–Crippen LogP) is 0.345. The van der Waals surface area contributed by atoms with Gasteiger partial charge in [0, 0.05) is 30.7 Å². The first-order valence-corrected chi connectivity index (χ1v) is 9.31. The molecule has 0 bridgehead atoms. The Morgan fingerprint density at radius 2 is 2.33 bits per heavy atom. The van der Waals surface area contributed by atoms with Crippen LogP contribution in [0.2, 0.25) is 0 Å². The Bertz CT molecular complexity index is 835. The summed E-state index contributed by atoms with van der Waals surface area (Å²) in [4.78, 5) is 12.0. The number of nitrogens with one attached hydrogen (secondary N) is 3. The molecule has 0 aliphatic carbocycles. The number of hydrogen-bond donors (Lipinski definition) is 3. The Kier molecular flexibility index (Phi) is 4.69. The van der Waals surface area contributed by atoms with Gasteiger partial charge in [-0.25, -0.2) is 13.2 Å². The molecule has 24 heavy (non-hydrogen) atoms. The van der Waals surface area contributed by atoms with Crippen molar-refractivity contribution in [3.05, 3.63) is 24.4 Å². The molecule has 9 nitrogen and oxygen atoms in total. The van der Waals surface area contributed by atoms with Crippen LogP contribution in [0.5, 0.6) is 0 Å². The first kappa shape index (κ1) is 16.7. The molecule has 1 fully saturated rings. The van der Waals surface area contributed by atoms with Crippen LogP contribution in [-0.4, -0.2) is 67.6 Å². The maximum Gasteiger partial charge on any atom is 0.319 e. The van der Waals surface area contributed by atoms with Gasteiger partial charge in [-0.05, 0) is 18.2 Å². The van der Waals surface area contributed by atoms with Crippen LogP contribution in [0.4, 0.5) is 10.5 Å². The smallest absolute Gasteiger partial charge is 0.319 e. The average molecular weight is 353 g/mol. The molecule has 1 saturated heterocycles. The van der Waals surface area contributed by atoms with E-state index < -0.39 is 10.0 Å². The van der Waals surface area contributed by atoms with Crippen LogP contribution < -0.4 is 10.6 Å². The quantitative estimate of drug-likeness (QED) is 0.733. The molecule has 2 aromatic rings. The fourth-order valence-corrected chi connectivity index (χ4v) is 3.36. The van der Waals surface area contributed by atoms with E-state index in [0.717, 1.165) is 10.9 Å². The number of nitrogens with zero attached hydrogens (tertiary/aromatic N) is 2. The van der Waals surface area contributed by atoms with Crippen molar-refractivity contribution in [3.8, 4) is 0 Å². The number of H-pyrrole nitrogens is 1. The normalized spacial score (nSPS) is 19.3. The van der Waals surface area contributed by atoms with E-state index in [0.29, 0.717) is 18.8 Å². The molecule has 10 heteroatoms. The zero-order valence-corrected chi connectivity index (χ0v) is 14.0. The van der Waals surface area contributed by atoms with Crippen LogP contribution >= 0.6 is 0 Å². The highest BCUT2D eigenvalue weighted by atomic mass is 32.2. The number of sulfonamides is 1. The van der Waals surface area contributed by atoms with Crippen molar-refractivity contribution in [1.29, 1.82) is 0 Å². The largest absolute Gasteiger partial charge is 0.374 e. The number of carbonyl (C=O) groups is 1. The molecule has 1 atom stereocenters. The van der Waals surface area contributed by atoms with Crippen LogP contribution in [0.3, 0.4) is 0 Å². The molecule has 3 rings (SSSR count). The summed E-state index contributed by atoms with van der Waals surface area (Å²) in [7, 11) is -3.25. The molecule has 130 valence electrons. The minimum absolute atomic E-state index is 0.228. The summed E-state index contributed by atoms with van der Waals surface area (Å²) in [5.41, 5.74) is 1.53. The van der Waals surface area contributed by atoms with E-state index in [2.05, 4.69) is 20.8 Å². The molecule has 0 saturated carbocycles. The van der Waals surface area contributed by atoms with Crippen LogP contribution in [0.1, 0.15) is 0 Å². The van der Waals surface area contributed by atoms with Crippen molar-refractivity contribution < 1.29 is 17.9 Å². The van der Waals surface area contributed by atoms with Gasteiger partial charge in [-0.2, -0.15) is 9.40 Å². The van der Waals surface area contributed by atoms with E-state index in [1.54, 1.807) is 18.3 Å². The van der Waals surface area contributed by atoms with Crippen molar-refractivity contribution in [1.82, 2.24) is 19.8 Å². The molecule has 1 aliphatic rings. The van der Waals surface area contributed by atoms with Crippen molar-refractivity contribution in [2.45, 2.75) is 6.10 Å². The SMILES string of the molecule is CS(=O)(=O)N1CCOC(CNC(=O)Nc2ccc3[nH]ncc3c2)C1. The van der Waals surface area contributed by atoms with Crippen LogP contribution in [0.15, 0.2) is 24.4 Å². The summed E-state index contributed by atoms with van der Waals surface area (Å²) >= 11 is 0. The second-order valence-electron chi connectivity index (χ2n) is 5.62. The zero-order chi connectivity index (χ0) is 17.2. The van der Waals surface area contributed by atoms with Gasteiger partial charge in [0.05, 0.1) is 30.7 Å². The number of morpholine rings is 1. The van der Waals surface area contributed by atoms with E-state index >= 15 is 0 Å². The minimum Gasteiger partial charge on any atom is -0.374 e. The number of hydrogen-bond acceptors (Lipinski definition) is 5. The third kappa shape index (κ3) is 4.02. The number of urea groups is 1. The Hall–Kier alpha value is -2.17. The summed E-state index contributed by atoms with van der Waals surface area (Å²) in [6.45, 7) is 1.12. The predicted molar refractivity (Wildman–Crippen MR) is 89.3 cm³/mol. The molecule has 2 amide bonds. The number of ether oxygens (including phenoxy) is 1. The molecule has 1 aromatic heterocycles. The highest BCUT2D eigenvalue weighted by Crippen LogP contribution is 2.16. The Morgan fingerprint density at radius 1 is 1.50 bits per heavy atom. The second kappa shape index (κ2) is 6.75. The van der Waals surface area contributed by atoms with Crippen molar-refractivity contribution in [3.63, 3.8) is 0 Å². The highest BCUT2D eigenvalue weighted by molar-refractivity contribution is 7.88. The van der Waals surface area contributed by atoms with E-state index in [-0.39, 0.29) is 25.2 Å². The van der Waals surface area contributed by atoms with Crippen LogP contribution in [0.25, 0.3) is 10.9 Å². The van der Waals surface area contributed by atoms with Crippen LogP contribution in [0, 0.1) is 0 Å². The van der Waals surface area contributed by atoms with E-state index in [1.165, 1.54) is 10.6 Å². The first-order chi connectivity index (χ1) is 11.4. The van der Waals surface area contributed by atoms with Gasteiger partial charge in [-0.3, -0.25) is 5.10 Å². The van der Waals surface area contributed by atoms with Gasteiger partial charge in [0.2, 0.25) is 10.0 Å². The lowest BCUT2D eigenvalue weighted by molar-refractivity contribution is 0.00167. The summed E-state index contributed by atoms with van der Waals surface area (Å²) in [5, 5.41) is 13.1. The van der Waals surface area contributed by atoms with Gasteiger partial charge < -0.3 is 15.4 Å². The van der Waals surface area contributed by atoms with Gasteiger partial charge in [0.15, 0.2) is 0 Å². The Balaban J connectivity index is 1.51. The van der Waals surface area contributed by atoms with Crippen LogP contribution in [-0.2, 0) is 14.8 Å². The number of fused-ring (bicyclic) bond motifs is 1. The lowest BCUT2D eigenvalue weighted by Gasteiger charge is -2.31. The number of rotatable bonds is 4. The fraction of sp³-hybridized carbons (Fsp3) is 0.429. The topological polar surface area (TPSA) is 116 Å². The number of aromatic amines is 1. The van der Waals surface area contributed by atoms with Gasteiger partial charge in [-0.1, -0.05) is 0 Å². The number of carbonyl (C=O) groups excluding carboxylic acids is 1. The molecule has 1 aliphatic heterocycles. The number of aromatic nitrogens is 2. The minimum atomic E-state index is -3.25. The van der Waals surface area contributed by atoms with E-state index in [4.69, 9.17) is 4.74 Å². The van der Waals surface area contributed by atoms with Gasteiger partial charge in [0.25, 0.3) is 0 Å². The molecule has 0 radical (unpaired) electrons. The summed E-state index contributed by atoms with van der Waals surface area (Å²) in [5.74, 6) is 0. The zero-order valence-electron chi connectivity index (χ0n) is 13.2. The average Bonchev–Trinajstić information content (AvgIpc) is 3.00. The molecule has 1 unspecified atom stereocenters. The lowest BCUT2D eigenvalue weighted by atomic mass is 10.2. The number of benzene rings is 1. The second-order valence-corrected chi connectivity index (χ2v) is 7.60. The van der Waals surface area contributed by atoms with Gasteiger partial charge in [-0.15, -0.1) is 0 Å². The van der Waals surface area contributed by atoms with Gasteiger partial charge in [0.1, 0.15) is 0 Å². The molecule has 1 aromatic carbocycles. The molecule has 0 spiro atoms. The standard InChI is InChI=1S/C14H19N5O4S/c1-24(21,22)19-4-5-23-12(9-19)8-15-14(20)17-11-2-3-13-10(6-11)7-16-18-13/h2-3,6-7,12H,4-5,8-9H2,1H3,(H,16,18)(H2,15,17,20). The summed E-state index contributed by atoms with van der Waals surface area (Å²) < 4.78 is 30.0. The van der Waals surface area contributed by atoms with Crippen molar-refractivity contribution >= 4 is 32.6 Å². The molecular formula is C14H19N5O4S. The van der Waals surface area contributed by atoms with E-state index in [1.807, 2.05) is 6.07 Å². The molecular weight excluding hydrogens is 334 g/mol. The van der Waals surface area contributed by atoms with Gasteiger partial charge >= 0.3 is 6.03 Å². The lowest BCUT2D eigenvalue weighted by Crippen LogP contribution is -2.49. The molecule has 2 heterocycles. The first-order valence-electron chi connectivity index (χ1n) is 7.46. The highest BCUT2D eigenvalue weighted by Gasteiger charge is 2.26. The summed E-state index contributed by atoms with van der Waals surface area (Å²) in [6.07, 6.45) is 2.48. The fourth-order valence-electron chi connectivity index (χ4n) is 2.52. The third-order valence-corrected chi connectivity index (χ3v) is 5.03. The van der Waals surface area contributed by atoms with E-state index in [9.17, 15) is 13.2 Å².